The first kappa shape index (κ1) is 13.8. The van der Waals surface area contributed by atoms with Gasteiger partial charge in [-0.3, -0.25) is 0 Å². The molecule has 3 nitrogen and oxygen atoms in total. The minimum Gasteiger partial charge on any atom is -0.351 e. The molecule has 0 spiro atoms. The highest BCUT2D eigenvalue weighted by Gasteiger charge is 2.13. The van der Waals surface area contributed by atoms with Gasteiger partial charge in [-0.15, -0.1) is 4.91 Å². The molecule has 0 bridgehead atoms. The summed E-state index contributed by atoms with van der Waals surface area (Å²) in [6.07, 6.45) is 0. The lowest BCUT2D eigenvalue weighted by atomic mass is 10.2. The molecule has 0 atom stereocenters. The van der Waals surface area contributed by atoms with Crippen LogP contribution >= 0.6 is 22.6 Å². The van der Waals surface area contributed by atoms with Gasteiger partial charge in [0.25, 0.3) is 0 Å². The van der Waals surface area contributed by atoms with Crippen molar-refractivity contribution in [2.75, 3.05) is 5.32 Å². The lowest BCUT2D eigenvalue weighted by molar-refractivity contribution is 0.585. The fourth-order valence-corrected chi connectivity index (χ4v) is 1.94. The van der Waals surface area contributed by atoms with Crippen LogP contribution in [0.1, 0.15) is 0 Å². The highest BCUT2D eigenvalue weighted by Crippen LogP contribution is 2.32. The van der Waals surface area contributed by atoms with E-state index in [1.54, 1.807) is 6.07 Å². The summed E-state index contributed by atoms with van der Waals surface area (Å²) in [4.78, 5) is 10.5. The molecule has 1 N–H and O–H groups in total. The second-order valence-electron chi connectivity index (χ2n) is 3.62. The number of nitrogens with zero attached hydrogens (tertiary/aromatic N) is 1. The third-order valence-corrected chi connectivity index (χ3v) is 2.99. The average molecular weight is 378 g/mol. The van der Waals surface area contributed by atoms with Gasteiger partial charge in [0.2, 0.25) is 0 Å². The third-order valence-electron chi connectivity index (χ3n) is 2.32. The summed E-state index contributed by atoms with van der Waals surface area (Å²) in [5, 5.41) is 4.92. The van der Waals surface area contributed by atoms with Crippen molar-refractivity contribution in [1.29, 1.82) is 0 Å². The molecule has 2 rings (SSSR count). The van der Waals surface area contributed by atoms with E-state index in [4.69, 9.17) is 0 Å². The molecule has 2 aromatic carbocycles. The molecule has 0 heterocycles. The molecule has 2 aromatic rings. The van der Waals surface area contributed by atoms with Crippen molar-refractivity contribution in [3.8, 4) is 0 Å². The Morgan fingerprint density at radius 1 is 1.00 bits per heavy atom. The van der Waals surface area contributed by atoms with Gasteiger partial charge in [-0.25, -0.2) is 13.2 Å². The summed E-state index contributed by atoms with van der Waals surface area (Å²) >= 11 is 1.92. The maximum absolute atomic E-state index is 13.6. The fourth-order valence-electron chi connectivity index (χ4n) is 1.49. The Balaban J connectivity index is 2.45. The molecule has 0 aliphatic rings. The number of rotatable bonds is 3. The van der Waals surface area contributed by atoms with Gasteiger partial charge in [-0.1, -0.05) is 0 Å². The Hall–Kier alpha value is -1.64. The summed E-state index contributed by atoms with van der Waals surface area (Å²) in [6.45, 7) is 0. The summed E-state index contributed by atoms with van der Waals surface area (Å²) in [5.74, 6) is -2.60. The molecule has 19 heavy (non-hydrogen) atoms. The Morgan fingerprint density at radius 2 is 1.74 bits per heavy atom. The molecule has 0 saturated heterocycles. The van der Waals surface area contributed by atoms with Crippen molar-refractivity contribution >= 4 is 39.7 Å². The van der Waals surface area contributed by atoms with E-state index in [0.29, 0.717) is 9.64 Å². The van der Waals surface area contributed by atoms with E-state index in [2.05, 4.69) is 10.5 Å². The Kier molecular flexibility index (Phi) is 4.03. The summed E-state index contributed by atoms with van der Waals surface area (Å²) in [7, 11) is 0. The zero-order chi connectivity index (χ0) is 14.0. The standard InChI is InChI=1S/C12H6F3IN2O/c13-6-3-9(15)12(18-19)11(4-6)17-10-2-1-7(16)5-8(10)14/h1-5,17H. The van der Waals surface area contributed by atoms with Crippen LogP contribution in [0.2, 0.25) is 0 Å². The van der Waals surface area contributed by atoms with E-state index in [0.717, 1.165) is 6.07 Å². The molecule has 0 unspecified atom stereocenters. The smallest absolute Gasteiger partial charge is 0.167 e. The molecule has 0 radical (unpaired) electrons. The SMILES string of the molecule is O=Nc1c(F)cc(F)cc1Nc1ccc(I)cc1F. The van der Waals surface area contributed by atoms with E-state index in [-0.39, 0.29) is 11.4 Å². The molecule has 7 heteroatoms. The van der Waals surface area contributed by atoms with Crippen molar-refractivity contribution < 1.29 is 13.2 Å². The van der Waals surface area contributed by atoms with Gasteiger partial charge in [0.1, 0.15) is 11.6 Å². The molecule has 0 aliphatic carbocycles. The maximum Gasteiger partial charge on any atom is 0.167 e. The van der Waals surface area contributed by atoms with Gasteiger partial charge in [-0.05, 0) is 52.0 Å². The first-order valence-corrected chi connectivity index (χ1v) is 6.13. The predicted molar refractivity (Wildman–Crippen MR) is 74.2 cm³/mol. The highest BCUT2D eigenvalue weighted by molar-refractivity contribution is 14.1. The fraction of sp³-hybridized carbons (Fsp3) is 0. The second-order valence-corrected chi connectivity index (χ2v) is 4.87. The van der Waals surface area contributed by atoms with Crippen LogP contribution in [0, 0.1) is 25.9 Å². The van der Waals surface area contributed by atoms with Crippen LogP contribution in [0.5, 0.6) is 0 Å². The number of nitroso groups, excluding NO2 is 1. The molecular formula is C12H6F3IN2O. The van der Waals surface area contributed by atoms with Crippen molar-refractivity contribution in [3.63, 3.8) is 0 Å². The van der Waals surface area contributed by atoms with E-state index in [1.165, 1.54) is 12.1 Å². The van der Waals surface area contributed by atoms with Crippen molar-refractivity contribution in [1.82, 2.24) is 0 Å². The third kappa shape index (κ3) is 3.03. The second kappa shape index (κ2) is 5.55. The Labute approximate surface area is 119 Å². The minimum atomic E-state index is -1.11. The molecule has 0 fully saturated rings. The average Bonchev–Trinajstić information content (AvgIpc) is 2.32. The van der Waals surface area contributed by atoms with E-state index in [9.17, 15) is 18.1 Å². The van der Waals surface area contributed by atoms with Gasteiger partial charge in [0.05, 0.1) is 11.4 Å². The normalized spacial score (nSPS) is 10.3. The predicted octanol–water partition coefficient (Wildman–Crippen LogP) is 4.85. The maximum atomic E-state index is 13.6. The highest BCUT2D eigenvalue weighted by atomic mass is 127. The van der Waals surface area contributed by atoms with Gasteiger partial charge in [0.15, 0.2) is 11.5 Å². The lowest BCUT2D eigenvalue weighted by Gasteiger charge is -2.10. The summed E-state index contributed by atoms with van der Waals surface area (Å²) in [6, 6.07) is 5.65. The van der Waals surface area contributed by atoms with Crippen molar-refractivity contribution in [2.24, 2.45) is 5.18 Å². The summed E-state index contributed by atoms with van der Waals surface area (Å²) in [5.41, 5.74) is -0.831. The van der Waals surface area contributed by atoms with Crippen LogP contribution in [0.4, 0.5) is 30.2 Å². The van der Waals surface area contributed by atoms with Crippen LogP contribution < -0.4 is 5.32 Å². The monoisotopic (exact) mass is 378 g/mol. The zero-order valence-electron chi connectivity index (χ0n) is 9.25. The largest absolute Gasteiger partial charge is 0.351 e. The molecule has 98 valence electrons. The van der Waals surface area contributed by atoms with Crippen LogP contribution in [-0.4, -0.2) is 0 Å². The number of nitrogens with one attached hydrogen (secondary N) is 1. The molecule has 0 amide bonds. The zero-order valence-corrected chi connectivity index (χ0v) is 11.4. The van der Waals surface area contributed by atoms with Crippen LogP contribution in [0.25, 0.3) is 0 Å². The van der Waals surface area contributed by atoms with Gasteiger partial charge < -0.3 is 5.32 Å². The minimum absolute atomic E-state index is 0.00434. The summed E-state index contributed by atoms with van der Waals surface area (Å²) < 4.78 is 40.7. The van der Waals surface area contributed by atoms with E-state index >= 15 is 0 Å². The Morgan fingerprint density at radius 3 is 2.37 bits per heavy atom. The van der Waals surface area contributed by atoms with Crippen molar-refractivity contribution in [2.45, 2.75) is 0 Å². The van der Waals surface area contributed by atoms with Gasteiger partial charge in [-0.2, -0.15) is 0 Å². The molecular weight excluding hydrogens is 372 g/mol. The lowest BCUT2D eigenvalue weighted by Crippen LogP contribution is -1.96. The van der Waals surface area contributed by atoms with Crippen LogP contribution in [0.15, 0.2) is 35.5 Å². The van der Waals surface area contributed by atoms with Gasteiger partial charge >= 0.3 is 0 Å². The number of hydrogen-bond donors (Lipinski definition) is 1. The van der Waals surface area contributed by atoms with Crippen molar-refractivity contribution in [3.05, 3.63) is 56.3 Å². The van der Waals surface area contributed by atoms with E-state index < -0.39 is 23.1 Å². The quantitative estimate of drug-likeness (QED) is 0.613. The molecule has 0 saturated carbocycles. The number of anilines is 2. The van der Waals surface area contributed by atoms with Crippen LogP contribution in [-0.2, 0) is 0 Å². The Bertz CT molecular complexity index is 649. The number of benzene rings is 2. The number of hydrogen-bond acceptors (Lipinski definition) is 3. The first-order valence-electron chi connectivity index (χ1n) is 5.05. The van der Waals surface area contributed by atoms with Gasteiger partial charge in [0, 0.05) is 9.64 Å². The molecule has 0 aromatic heterocycles. The topological polar surface area (TPSA) is 41.5 Å². The number of halogens is 4. The van der Waals surface area contributed by atoms with E-state index in [1.807, 2.05) is 22.6 Å². The first-order chi connectivity index (χ1) is 9.01. The van der Waals surface area contributed by atoms with Crippen LogP contribution in [0.3, 0.4) is 0 Å². The molecule has 0 aliphatic heterocycles.